The number of phenolic OH excluding ortho intramolecular Hbond substituents is 1. The van der Waals surface area contributed by atoms with Crippen LogP contribution in [0.2, 0.25) is 0 Å². The van der Waals surface area contributed by atoms with Crippen molar-refractivity contribution in [2.75, 3.05) is 0 Å². The van der Waals surface area contributed by atoms with Gasteiger partial charge in [0.25, 0.3) is 17.3 Å². The highest BCUT2D eigenvalue weighted by Gasteiger charge is 2.32. The van der Waals surface area contributed by atoms with Gasteiger partial charge in [0, 0.05) is 35.4 Å². The summed E-state index contributed by atoms with van der Waals surface area (Å²) in [6.45, 7) is 0. The van der Waals surface area contributed by atoms with Gasteiger partial charge < -0.3 is 5.11 Å². The summed E-state index contributed by atoms with van der Waals surface area (Å²) in [5.74, 6) is -0.825. The molecule has 3 rings (SSSR count). The van der Waals surface area contributed by atoms with E-state index in [4.69, 9.17) is 12.2 Å². The van der Waals surface area contributed by atoms with Crippen LogP contribution in [-0.4, -0.2) is 36.4 Å². The Labute approximate surface area is 172 Å². The molecular weight excluding hydrogens is 420 g/mol. The minimum absolute atomic E-state index is 0.0855. The summed E-state index contributed by atoms with van der Waals surface area (Å²) in [4.78, 5) is 33.2. The third kappa shape index (κ3) is 4.44. The van der Waals surface area contributed by atoms with Gasteiger partial charge in [0.1, 0.15) is 5.75 Å². The fourth-order valence-corrected chi connectivity index (χ4v) is 3.48. The van der Waals surface area contributed by atoms with E-state index < -0.39 is 15.8 Å². The zero-order valence-electron chi connectivity index (χ0n) is 14.3. The number of rotatable bonds is 5. The number of thiocarbonyl (C=S) groups is 1. The largest absolute Gasteiger partial charge is 0.507 e. The van der Waals surface area contributed by atoms with Gasteiger partial charge in [-0.3, -0.25) is 25.0 Å². The van der Waals surface area contributed by atoms with Crippen molar-refractivity contribution in [3.63, 3.8) is 0 Å². The molecular formula is C17H10N4O6S2. The van der Waals surface area contributed by atoms with Gasteiger partial charge in [-0.15, -0.1) is 0 Å². The quantitative estimate of drug-likeness (QED) is 0.250. The average molecular weight is 430 g/mol. The average Bonchev–Trinajstić information content (AvgIpc) is 2.94. The molecule has 146 valence electrons. The highest BCUT2D eigenvalue weighted by Crippen LogP contribution is 2.35. The molecule has 2 aromatic rings. The predicted molar refractivity (Wildman–Crippen MR) is 110 cm³/mol. The zero-order valence-corrected chi connectivity index (χ0v) is 15.9. The van der Waals surface area contributed by atoms with Crippen LogP contribution in [-0.2, 0) is 4.79 Å². The molecule has 1 aliphatic rings. The molecule has 1 amide bonds. The third-order valence-corrected chi connectivity index (χ3v) is 4.97. The number of hydrogen-bond acceptors (Lipinski definition) is 9. The Kier molecular flexibility index (Phi) is 5.66. The van der Waals surface area contributed by atoms with Crippen LogP contribution < -0.4 is 0 Å². The fourth-order valence-electron chi connectivity index (χ4n) is 2.31. The summed E-state index contributed by atoms with van der Waals surface area (Å²) >= 11 is 6.04. The van der Waals surface area contributed by atoms with Crippen molar-refractivity contribution in [2.24, 2.45) is 5.10 Å². The molecule has 1 fully saturated rings. The molecule has 2 aromatic carbocycles. The van der Waals surface area contributed by atoms with Crippen molar-refractivity contribution in [2.45, 2.75) is 0 Å². The zero-order chi connectivity index (χ0) is 21.1. The molecule has 0 aromatic heterocycles. The van der Waals surface area contributed by atoms with E-state index in [9.17, 15) is 30.1 Å². The second-order valence-electron chi connectivity index (χ2n) is 5.59. The number of carbonyl (C=O) groups is 1. The lowest BCUT2D eigenvalue weighted by Gasteiger charge is -2.06. The van der Waals surface area contributed by atoms with Crippen LogP contribution in [0.3, 0.4) is 0 Å². The highest BCUT2D eigenvalue weighted by molar-refractivity contribution is 8.26. The summed E-state index contributed by atoms with van der Waals surface area (Å²) in [5, 5.41) is 36.5. The molecule has 0 atom stereocenters. The first-order valence-electron chi connectivity index (χ1n) is 7.80. The summed E-state index contributed by atoms with van der Waals surface area (Å²) in [5.41, 5.74) is 0.115. The van der Waals surface area contributed by atoms with E-state index in [1.54, 1.807) is 6.07 Å². The Morgan fingerprint density at radius 2 is 1.79 bits per heavy atom. The summed E-state index contributed by atoms with van der Waals surface area (Å²) in [6.07, 6.45) is 2.54. The van der Waals surface area contributed by atoms with Crippen LogP contribution >= 0.6 is 24.0 Å². The van der Waals surface area contributed by atoms with Gasteiger partial charge in [-0.1, -0.05) is 23.9 Å². The molecule has 0 radical (unpaired) electrons. The predicted octanol–water partition coefficient (Wildman–Crippen LogP) is 3.44. The number of thioether (sulfide) groups is 1. The lowest BCUT2D eigenvalue weighted by molar-refractivity contribution is -0.385. The molecule has 1 heterocycles. The second kappa shape index (κ2) is 8.16. The highest BCUT2D eigenvalue weighted by atomic mass is 32.2. The van der Waals surface area contributed by atoms with Crippen molar-refractivity contribution in [1.82, 2.24) is 5.01 Å². The molecule has 1 aliphatic heterocycles. The van der Waals surface area contributed by atoms with Gasteiger partial charge in [-0.05, 0) is 24.4 Å². The van der Waals surface area contributed by atoms with Crippen LogP contribution in [0.4, 0.5) is 11.4 Å². The number of non-ortho nitro benzene ring substituents is 2. The Bertz CT molecular complexity index is 1110. The number of amides is 1. The smallest absolute Gasteiger partial charge is 0.286 e. The van der Waals surface area contributed by atoms with E-state index in [2.05, 4.69) is 5.10 Å². The molecule has 1 saturated heterocycles. The summed E-state index contributed by atoms with van der Waals surface area (Å²) in [6, 6.07) is 9.10. The molecule has 0 bridgehead atoms. The van der Waals surface area contributed by atoms with E-state index in [0.29, 0.717) is 5.56 Å². The molecule has 0 saturated carbocycles. The molecule has 1 N–H and O–H groups in total. The van der Waals surface area contributed by atoms with Crippen LogP contribution in [0.25, 0.3) is 6.08 Å². The van der Waals surface area contributed by atoms with Gasteiger partial charge in [-0.25, -0.2) is 0 Å². The molecule has 12 heteroatoms. The normalized spacial score (nSPS) is 15.4. The Morgan fingerprint density at radius 1 is 1.10 bits per heavy atom. The number of carbonyl (C=O) groups excluding carboxylic acids is 1. The first-order chi connectivity index (χ1) is 13.8. The Morgan fingerprint density at radius 3 is 2.48 bits per heavy atom. The van der Waals surface area contributed by atoms with Crippen molar-refractivity contribution >= 4 is 57.9 Å². The van der Waals surface area contributed by atoms with E-state index in [1.165, 1.54) is 30.5 Å². The first kappa shape index (κ1) is 20.1. The monoisotopic (exact) mass is 430 g/mol. The van der Waals surface area contributed by atoms with Crippen LogP contribution in [0.5, 0.6) is 5.75 Å². The van der Waals surface area contributed by atoms with E-state index in [0.717, 1.165) is 35.0 Å². The van der Waals surface area contributed by atoms with Gasteiger partial charge in [0.15, 0.2) is 4.32 Å². The number of benzene rings is 2. The van der Waals surface area contributed by atoms with Crippen LogP contribution in [0.15, 0.2) is 52.5 Å². The molecule has 0 unspecified atom stereocenters. The minimum atomic E-state index is -0.620. The van der Waals surface area contributed by atoms with Gasteiger partial charge in [0.2, 0.25) is 0 Å². The maximum Gasteiger partial charge on any atom is 0.286 e. The Hall–Kier alpha value is -3.64. The minimum Gasteiger partial charge on any atom is -0.507 e. The summed E-state index contributed by atoms with van der Waals surface area (Å²) < 4.78 is 0.104. The lowest BCUT2D eigenvalue weighted by atomic mass is 10.1. The third-order valence-electron chi connectivity index (χ3n) is 3.69. The van der Waals surface area contributed by atoms with Gasteiger partial charge >= 0.3 is 0 Å². The summed E-state index contributed by atoms with van der Waals surface area (Å²) in [7, 11) is 0. The van der Waals surface area contributed by atoms with Crippen molar-refractivity contribution in [3.05, 3.63) is 78.7 Å². The Balaban J connectivity index is 1.86. The second-order valence-corrected chi connectivity index (χ2v) is 7.27. The first-order valence-corrected chi connectivity index (χ1v) is 9.02. The molecule has 0 spiro atoms. The van der Waals surface area contributed by atoms with Crippen LogP contribution in [0, 0.1) is 20.2 Å². The molecule has 29 heavy (non-hydrogen) atoms. The topological polar surface area (TPSA) is 139 Å². The number of phenols is 1. The van der Waals surface area contributed by atoms with Crippen LogP contribution in [0.1, 0.15) is 11.1 Å². The number of aromatic hydroxyl groups is 1. The fraction of sp³-hybridized carbons (Fsp3) is 0. The number of nitro groups is 2. The van der Waals surface area contributed by atoms with Crippen molar-refractivity contribution in [1.29, 1.82) is 0 Å². The van der Waals surface area contributed by atoms with E-state index in [1.807, 2.05) is 0 Å². The van der Waals surface area contributed by atoms with Crippen molar-refractivity contribution in [3.8, 4) is 5.75 Å². The molecule has 10 nitrogen and oxygen atoms in total. The number of hydrazone groups is 1. The van der Waals surface area contributed by atoms with E-state index in [-0.39, 0.29) is 31.9 Å². The van der Waals surface area contributed by atoms with Gasteiger partial charge in [0.05, 0.1) is 21.0 Å². The number of nitro benzene ring substituents is 2. The SMILES string of the molecule is O=C1/C(=C\c2cc([N+](=O)[O-])ccc2O)SC(=S)N1/N=C/c1cccc([N+](=O)[O-])c1. The standard InChI is InChI=1S/C17H10N4O6S2/c22-14-5-4-13(21(26)27)7-11(14)8-15-16(23)19(17(28)29-15)18-9-10-2-1-3-12(6-10)20(24)25/h1-9,22H/b15-8+,18-9+. The van der Waals surface area contributed by atoms with Crippen molar-refractivity contribution < 1.29 is 19.7 Å². The maximum absolute atomic E-state index is 12.6. The number of nitrogens with zero attached hydrogens (tertiary/aromatic N) is 4. The molecule has 0 aliphatic carbocycles. The number of hydrogen-bond donors (Lipinski definition) is 1. The van der Waals surface area contributed by atoms with Gasteiger partial charge in [-0.2, -0.15) is 10.1 Å². The maximum atomic E-state index is 12.6. The van der Waals surface area contributed by atoms with E-state index >= 15 is 0 Å². The lowest BCUT2D eigenvalue weighted by Crippen LogP contribution is -2.22.